The van der Waals surface area contributed by atoms with Crippen molar-refractivity contribution in [3.8, 4) is 0 Å². The van der Waals surface area contributed by atoms with E-state index < -0.39 is 17.9 Å². The van der Waals surface area contributed by atoms with Gasteiger partial charge in [-0.25, -0.2) is 4.79 Å². The van der Waals surface area contributed by atoms with E-state index in [4.69, 9.17) is 21.4 Å². The molecule has 0 radical (unpaired) electrons. The summed E-state index contributed by atoms with van der Waals surface area (Å²) in [5, 5.41) is 11.3. The van der Waals surface area contributed by atoms with Crippen molar-refractivity contribution in [2.45, 2.75) is 18.9 Å². The van der Waals surface area contributed by atoms with Crippen LogP contribution < -0.4 is 5.32 Å². The average molecular weight is 292 g/mol. The maximum atomic E-state index is 11.9. The highest BCUT2D eigenvalue weighted by atomic mass is 35.5. The van der Waals surface area contributed by atoms with Gasteiger partial charge in [0.1, 0.15) is 0 Å². The fourth-order valence-electron chi connectivity index (χ4n) is 1.33. The number of nitrogens with one attached hydrogen (secondary N) is 1. The van der Waals surface area contributed by atoms with Crippen LogP contribution in [0.2, 0.25) is 4.34 Å². The minimum Gasteiger partial charge on any atom is -0.480 e. The Hall–Kier alpha value is -1.11. The van der Waals surface area contributed by atoms with Crippen LogP contribution in [0.1, 0.15) is 17.7 Å². The maximum Gasteiger partial charge on any atom is 0.328 e. The van der Waals surface area contributed by atoms with Crippen LogP contribution in [0.3, 0.4) is 0 Å². The van der Waals surface area contributed by atoms with E-state index in [1.807, 2.05) is 0 Å². The van der Waals surface area contributed by atoms with E-state index >= 15 is 0 Å². The first-order valence-corrected chi connectivity index (χ1v) is 6.42. The molecule has 0 aromatic carbocycles. The summed E-state index contributed by atoms with van der Waals surface area (Å²) in [6.07, 6.45) is 0. The zero-order chi connectivity index (χ0) is 13.7. The largest absolute Gasteiger partial charge is 0.480 e. The van der Waals surface area contributed by atoms with Crippen molar-refractivity contribution in [3.63, 3.8) is 0 Å². The molecule has 100 valence electrons. The summed E-state index contributed by atoms with van der Waals surface area (Å²) in [5.74, 6) is -1.93. The Kier molecular flexibility index (Phi) is 5.58. The summed E-state index contributed by atoms with van der Waals surface area (Å²) in [7, 11) is 1.38. The Labute approximate surface area is 114 Å². The second-order valence-corrected chi connectivity index (χ2v) is 5.46. The summed E-state index contributed by atoms with van der Waals surface area (Å²) in [4.78, 5) is 23.5. The van der Waals surface area contributed by atoms with Gasteiger partial charge in [0, 0.05) is 12.0 Å². The Morgan fingerprint density at radius 3 is 2.67 bits per heavy atom. The molecule has 2 atom stereocenters. The van der Waals surface area contributed by atoms with Crippen molar-refractivity contribution in [1.82, 2.24) is 5.32 Å². The smallest absolute Gasteiger partial charge is 0.328 e. The number of carboxylic acids is 1. The third-order valence-corrected chi connectivity index (χ3v) is 3.78. The van der Waals surface area contributed by atoms with Crippen LogP contribution in [0, 0.1) is 0 Å². The third kappa shape index (κ3) is 3.97. The van der Waals surface area contributed by atoms with E-state index in [9.17, 15) is 9.59 Å². The molecule has 18 heavy (non-hydrogen) atoms. The molecule has 0 bridgehead atoms. The Bertz CT molecular complexity index is 434. The van der Waals surface area contributed by atoms with Gasteiger partial charge < -0.3 is 15.2 Å². The monoisotopic (exact) mass is 291 g/mol. The lowest BCUT2D eigenvalue weighted by molar-refractivity contribution is -0.143. The SMILES string of the molecule is COCC(NC(=O)C(C)c1ccc(Cl)s1)C(=O)O. The predicted molar refractivity (Wildman–Crippen MR) is 69.2 cm³/mol. The van der Waals surface area contributed by atoms with Gasteiger partial charge in [-0.05, 0) is 19.1 Å². The molecular weight excluding hydrogens is 278 g/mol. The Morgan fingerprint density at radius 2 is 2.22 bits per heavy atom. The van der Waals surface area contributed by atoms with Gasteiger partial charge in [-0.15, -0.1) is 11.3 Å². The molecule has 1 rings (SSSR count). The molecule has 1 heterocycles. The number of halogens is 1. The van der Waals surface area contributed by atoms with Gasteiger partial charge in [-0.1, -0.05) is 11.6 Å². The van der Waals surface area contributed by atoms with Crippen molar-refractivity contribution in [1.29, 1.82) is 0 Å². The molecule has 7 heteroatoms. The normalized spacial score (nSPS) is 13.9. The van der Waals surface area contributed by atoms with Crippen molar-refractivity contribution >= 4 is 34.8 Å². The molecule has 1 aromatic rings. The molecule has 2 N–H and O–H groups in total. The number of ether oxygens (including phenoxy) is 1. The highest BCUT2D eigenvalue weighted by molar-refractivity contribution is 7.16. The number of thiophene rings is 1. The molecule has 0 aliphatic carbocycles. The quantitative estimate of drug-likeness (QED) is 0.837. The number of methoxy groups -OCH3 is 1. The van der Waals surface area contributed by atoms with Gasteiger partial charge in [0.2, 0.25) is 5.91 Å². The minimum absolute atomic E-state index is 0.0704. The zero-order valence-corrected chi connectivity index (χ0v) is 11.5. The van der Waals surface area contributed by atoms with E-state index in [1.165, 1.54) is 18.4 Å². The molecule has 0 aliphatic heterocycles. The standard InChI is InChI=1S/C11H14ClNO4S/c1-6(8-3-4-9(12)18-8)10(14)13-7(5-17-2)11(15)16/h3-4,6-7H,5H2,1-2H3,(H,13,14)(H,15,16). The molecule has 2 unspecified atom stereocenters. The lowest BCUT2D eigenvalue weighted by Gasteiger charge is -2.16. The first kappa shape index (κ1) is 14.9. The molecule has 1 aromatic heterocycles. The molecule has 1 amide bonds. The van der Waals surface area contributed by atoms with Crippen molar-refractivity contribution in [2.24, 2.45) is 0 Å². The molecule has 0 saturated heterocycles. The zero-order valence-electron chi connectivity index (χ0n) is 9.97. The average Bonchev–Trinajstić information content (AvgIpc) is 2.74. The van der Waals surface area contributed by atoms with Gasteiger partial charge >= 0.3 is 5.97 Å². The summed E-state index contributed by atoms with van der Waals surface area (Å²) in [6.45, 7) is 1.63. The fourth-order valence-corrected chi connectivity index (χ4v) is 2.44. The van der Waals surface area contributed by atoms with Crippen molar-refractivity contribution in [2.75, 3.05) is 13.7 Å². The Balaban J connectivity index is 2.66. The van der Waals surface area contributed by atoms with Crippen LogP contribution in [0.5, 0.6) is 0 Å². The number of hydrogen-bond donors (Lipinski definition) is 2. The first-order chi connectivity index (χ1) is 8.45. The topological polar surface area (TPSA) is 75.6 Å². The lowest BCUT2D eigenvalue weighted by Crippen LogP contribution is -2.45. The Morgan fingerprint density at radius 1 is 1.56 bits per heavy atom. The molecule has 0 fully saturated rings. The number of carbonyl (C=O) groups is 2. The number of carbonyl (C=O) groups excluding carboxylic acids is 1. The third-order valence-electron chi connectivity index (χ3n) is 2.36. The maximum absolute atomic E-state index is 11.9. The van der Waals surface area contributed by atoms with Crippen LogP contribution in [-0.4, -0.2) is 36.7 Å². The van der Waals surface area contributed by atoms with Gasteiger partial charge in [0.15, 0.2) is 6.04 Å². The van der Waals surface area contributed by atoms with Crippen LogP contribution in [0.15, 0.2) is 12.1 Å². The second kappa shape index (κ2) is 6.72. The number of hydrogen-bond acceptors (Lipinski definition) is 4. The van der Waals surface area contributed by atoms with Gasteiger partial charge in [-0.3, -0.25) is 4.79 Å². The van der Waals surface area contributed by atoms with E-state index in [1.54, 1.807) is 19.1 Å². The highest BCUT2D eigenvalue weighted by Gasteiger charge is 2.24. The van der Waals surface area contributed by atoms with E-state index in [0.29, 0.717) is 4.34 Å². The van der Waals surface area contributed by atoms with E-state index in [2.05, 4.69) is 5.32 Å². The second-order valence-electron chi connectivity index (χ2n) is 3.72. The molecule has 0 saturated carbocycles. The van der Waals surface area contributed by atoms with E-state index in [-0.39, 0.29) is 12.5 Å². The highest BCUT2D eigenvalue weighted by Crippen LogP contribution is 2.28. The predicted octanol–water partition coefficient (Wildman–Crippen LogP) is 1.72. The van der Waals surface area contributed by atoms with Crippen molar-refractivity contribution in [3.05, 3.63) is 21.3 Å². The van der Waals surface area contributed by atoms with Crippen LogP contribution in [0.25, 0.3) is 0 Å². The summed E-state index contributed by atoms with van der Waals surface area (Å²) < 4.78 is 5.34. The molecule has 0 aliphatic rings. The minimum atomic E-state index is -1.12. The van der Waals surface area contributed by atoms with E-state index in [0.717, 1.165) is 4.88 Å². The summed E-state index contributed by atoms with van der Waals surface area (Å²) in [5.41, 5.74) is 0. The number of rotatable bonds is 6. The number of aliphatic carboxylic acids is 1. The van der Waals surface area contributed by atoms with Crippen molar-refractivity contribution < 1.29 is 19.4 Å². The summed E-state index contributed by atoms with van der Waals surface area (Å²) >= 11 is 7.09. The van der Waals surface area contributed by atoms with Crippen LogP contribution in [-0.2, 0) is 14.3 Å². The van der Waals surface area contributed by atoms with Crippen LogP contribution in [0.4, 0.5) is 0 Å². The number of amides is 1. The molecular formula is C11H14ClNO4S. The van der Waals surface area contributed by atoms with Gasteiger partial charge in [0.25, 0.3) is 0 Å². The van der Waals surface area contributed by atoms with Gasteiger partial charge in [0.05, 0.1) is 16.9 Å². The molecule has 5 nitrogen and oxygen atoms in total. The molecule has 0 spiro atoms. The lowest BCUT2D eigenvalue weighted by atomic mass is 10.1. The number of carboxylic acid groups (broad SMARTS) is 1. The fraction of sp³-hybridized carbons (Fsp3) is 0.455. The summed E-state index contributed by atoms with van der Waals surface area (Å²) in [6, 6.07) is 2.42. The first-order valence-electron chi connectivity index (χ1n) is 5.23. The van der Waals surface area contributed by atoms with Gasteiger partial charge in [-0.2, -0.15) is 0 Å². The van der Waals surface area contributed by atoms with Crippen LogP contribution >= 0.6 is 22.9 Å².